The number of fused-ring (bicyclic) bond motifs is 1. The third kappa shape index (κ3) is 2.99. The molecule has 106 valence electrons. The molecule has 5 heteroatoms. The number of rotatable bonds is 5. The normalized spacial score (nSPS) is 13.0. The van der Waals surface area contributed by atoms with Crippen LogP contribution in [0.25, 0.3) is 0 Å². The Hall–Kier alpha value is -2.30. The van der Waals surface area contributed by atoms with Gasteiger partial charge in [0.25, 0.3) is 5.91 Å². The molecule has 0 atom stereocenters. The first-order valence-electron chi connectivity index (χ1n) is 6.61. The number of amides is 1. The van der Waals surface area contributed by atoms with Gasteiger partial charge in [0.2, 0.25) is 0 Å². The van der Waals surface area contributed by atoms with Crippen molar-refractivity contribution < 1.29 is 14.7 Å². The van der Waals surface area contributed by atoms with Gasteiger partial charge in [0.15, 0.2) is 0 Å². The molecule has 1 aliphatic rings. The molecule has 1 amide bonds. The zero-order chi connectivity index (χ0) is 14.5. The first-order valence-corrected chi connectivity index (χ1v) is 6.61. The molecular weight excluding hydrogens is 256 g/mol. The Morgan fingerprint density at radius 3 is 2.95 bits per heavy atom. The number of nitrogens with zero attached hydrogens (tertiary/aromatic N) is 1. The quantitative estimate of drug-likeness (QED) is 0.803. The van der Waals surface area contributed by atoms with Crippen LogP contribution in [-0.2, 0) is 11.2 Å². The van der Waals surface area contributed by atoms with Crippen LogP contribution in [0.5, 0.6) is 0 Å². The fourth-order valence-electron chi connectivity index (χ4n) is 2.42. The molecule has 0 saturated carbocycles. The lowest BCUT2D eigenvalue weighted by Crippen LogP contribution is -2.36. The molecule has 2 N–H and O–H groups in total. The van der Waals surface area contributed by atoms with E-state index in [4.69, 9.17) is 5.11 Å². The van der Waals surface area contributed by atoms with Gasteiger partial charge in [0.1, 0.15) is 6.54 Å². The molecule has 5 nitrogen and oxygen atoms in total. The molecule has 1 aromatic rings. The average Bonchev–Trinajstić information content (AvgIpc) is 2.45. The van der Waals surface area contributed by atoms with Crippen LogP contribution in [0.2, 0.25) is 0 Å². The van der Waals surface area contributed by atoms with Crippen molar-refractivity contribution in [3.8, 4) is 0 Å². The summed E-state index contributed by atoms with van der Waals surface area (Å²) in [6.07, 6.45) is 3.34. The van der Waals surface area contributed by atoms with Gasteiger partial charge in [-0.1, -0.05) is 12.1 Å². The van der Waals surface area contributed by atoms with Gasteiger partial charge in [-0.05, 0) is 30.5 Å². The van der Waals surface area contributed by atoms with Gasteiger partial charge in [-0.3, -0.25) is 9.59 Å². The Morgan fingerprint density at radius 1 is 1.45 bits per heavy atom. The molecule has 2 rings (SSSR count). The van der Waals surface area contributed by atoms with E-state index >= 15 is 0 Å². The summed E-state index contributed by atoms with van der Waals surface area (Å²) in [7, 11) is 0. The van der Waals surface area contributed by atoms with E-state index in [0.29, 0.717) is 5.56 Å². The third-order valence-electron chi connectivity index (χ3n) is 3.29. The van der Waals surface area contributed by atoms with E-state index in [0.717, 1.165) is 30.6 Å². The molecule has 0 spiro atoms. The minimum atomic E-state index is -1.02. The Balaban J connectivity index is 2.31. The molecule has 0 fully saturated rings. The van der Waals surface area contributed by atoms with Gasteiger partial charge in [-0.25, -0.2) is 0 Å². The lowest BCUT2D eigenvalue weighted by atomic mass is 9.97. The highest BCUT2D eigenvalue weighted by atomic mass is 16.4. The van der Waals surface area contributed by atoms with E-state index in [9.17, 15) is 9.59 Å². The van der Waals surface area contributed by atoms with Gasteiger partial charge in [-0.2, -0.15) is 0 Å². The molecule has 0 unspecified atom stereocenters. The van der Waals surface area contributed by atoms with Crippen molar-refractivity contribution in [1.82, 2.24) is 4.90 Å². The molecule has 1 heterocycles. The molecule has 0 saturated heterocycles. The molecule has 1 aromatic carbocycles. The summed E-state index contributed by atoms with van der Waals surface area (Å²) in [5, 5.41) is 12.2. The zero-order valence-corrected chi connectivity index (χ0v) is 11.3. The molecule has 1 aliphatic heterocycles. The number of carboxylic acid groups (broad SMARTS) is 1. The van der Waals surface area contributed by atoms with Crippen molar-refractivity contribution in [2.75, 3.05) is 25.0 Å². The minimum absolute atomic E-state index is 0.224. The number of carbonyl (C=O) groups is 2. The average molecular weight is 274 g/mol. The van der Waals surface area contributed by atoms with Crippen LogP contribution in [-0.4, -0.2) is 41.5 Å². The highest BCUT2D eigenvalue weighted by Gasteiger charge is 2.22. The van der Waals surface area contributed by atoms with Crippen molar-refractivity contribution in [2.45, 2.75) is 12.8 Å². The van der Waals surface area contributed by atoms with Crippen LogP contribution >= 0.6 is 0 Å². The summed E-state index contributed by atoms with van der Waals surface area (Å²) in [5.41, 5.74) is 2.52. The van der Waals surface area contributed by atoms with Crippen molar-refractivity contribution in [2.24, 2.45) is 0 Å². The van der Waals surface area contributed by atoms with E-state index in [1.165, 1.54) is 11.0 Å². The lowest BCUT2D eigenvalue weighted by Gasteiger charge is -2.24. The monoisotopic (exact) mass is 274 g/mol. The summed E-state index contributed by atoms with van der Waals surface area (Å²) in [6, 6.07) is 5.52. The number of benzene rings is 1. The molecule has 0 aliphatic carbocycles. The second-order valence-corrected chi connectivity index (χ2v) is 4.73. The van der Waals surface area contributed by atoms with Gasteiger partial charge in [0.05, 0.1) is 0 Å². The van der Waals surface area contributed by atoms with Crippen molar-refractivity contribution in [3.63, 3.8) is 0 Å². The van der Waals surface area contributed by atoms with Crippen molar-refractivity contribution in [3.05, 3.63) is 42.0 Å². The summed E-state index contributed by atoms with van der Waals surface area (Å²) < 4.78 is 0. The van der Waals surface area contributed by atoms with Crippen LogP contribution < -0.4 is 5.32 Å². The number of carboxylic acids is 1. The highest BCUT2D eigenvalue weighted by molar-refractivity contribution is 5.98. The predicted molar refractivity (Wildman–Crippen MR) is 77.0 cm³/mol. The Labute approximate surface area is 117 Å². The first kappa shape index (κ1) is 14.1. The lowest BCUT2D eigenvalue weighted by molar-refractivity contribution is -0.137. The SMILES string of the molecule is C=CCN(CC(=O)O)C(=O)c1cccc2c1CCCN2. The van der Waals surface area contributed by atoms with Gasteiger partial charge < -0.3 is 15.3 Å². The molecule has 0 bridgehead atoms. The number of carbonyl (C=O) groups excluding carboxylic acids is 1. The number of aliphatic carboxylic acids is 1. The van der Waals surface area contributed by atoms with Crippen LogP contribution in [0.1, 0.15) is 22.3 Å². The summed E-state index contributed by atoms with van der Waals surface area (Å²) >= 11 is 0. The van der Waals surface area contributed by atoms with Crippen LogP contribution in [0.4, 0.5) is 5.69 Å². The van der Waals surface area contributed by atoms with E-state index in [1.807, 2.05) is 12.1 Å². The topological polar surface area (TPSA) is 69.6 Å². The number of nitrogens with one attached hydrogen (secondary N) is 1. The first-order chi connectivity index (χ1) is 9.63. The van der Waals surface area contributed by atoms with Crippen LogP contribution in [0.15, 0.2) is 30.9 Å². The van der Waals surface area contributed by atoms with Crippen LogP contribution in [0.3, 0.4) is 0 Å². The Kier molecular flexibility index (Phi) is 4.40. The van der Waals surface area contributed by atoms with E-state index in [1.54, 1.807) is 6.07 Å². The fraction of sp³-hybridized carbons (Fsp3) is 0.333. The highest BCUT2D eigenvalue weighted by Crippen LogP contribution is 2.26. The number of hydrogen-bond acceptors (Lipinski definition) is 3. The standard InChI is InChI=1S/C15H18N2O3/c1-2-9-17(10-14(18)19)15(20)12-5-3-7-13-11(12)6-4-8-16-13/h2-3,5,7,16H,1,4,6,8-10H2,(H,18,19). The minimum Gasteiger partial charge on any atom is -0.480 e. The number of anilines is 1. The zero-order valence-electron chi connectivity index (χ0n) is 11.3. The third-order valence-corrected chi connectivity index (χ3v) is 3.29. The van der Waals surface area contributed by atoms with Crippen LogP contribution in [0, 0.1) is 0 Å². The molecule has 20 heavy (non-hydrogen) atoms. The Bertz CT molecular complexity index is 540. The Morgan fingerprint density at radius 2 is 2.25 bits per heavy atom. The second kappa shape index (κ2) is 6.23. The molecule has 0 radical (unpaired) electrons. The maximum atomic E-state index is 12.5. The fourth-order valence-corrected chi connectivity index (χ4v) is 2.42. The van der Waals surface area contributed by atoms with Crippen molar-refractivity contribution >= 4 is 17.6 Å². The summed E-state index contributed by atoms with van der Waals surface area (Å²) in [4.78, 5) is 24.7. The van der Waals surface area contributed by atoms with Crippen molar-refractivity contribution in [1.29, 1.82) is 0 Å². The second-order valence-electron chi connectivity index (χ2n) is 4.73. The van der Waals surface area contributed by atoms with Gasteiger partial charge in [-0.15, -0.1) is 6.58 Å². The maximum Gasteiger partial charge on any atom is 0.323 e. The van der Waals surface area contributed by atoms with Gasteiger partial charge >= 0.3 is 5.97 Å². The summed E-state index contributed by atoms with van der Waals surface area (Å²) in [5.74, 6) is -1.28. The smallest absolute Gasteiger partial charge is 0.323 e. The summed E-state index contributed by atoms with van der Waals surface area (Å²) in [6.45, 7) is 4.38. The van der Waals surface area contributed by atoms with E-state index in [-0.39, 0.29) is 19.0 Å². The van der Waals surface area contributed by atoms with Gasteiger partial charge in [0, 0.05) is 24.3 Å². The molecule has 0 aromatic heterocycles. The van der Waals surface area contributed by atoms with E-state index < -0.39 is 5.97 Å². The largest absolute Gasteiger partial charge is 0.480 e. The maximum absolute atomic E-state index is 12.5. The van der Waals surface area contributed by atoms with E-state index in [2.05, 4.69) is 11.9 Å². The molecular formula is C15H18N2O3. The number of hydrogen-bond donors (Lipinski definition) is 2. The predicted octanol–water partition coefficient (Wildman–Crippen LogP) is 1.76.